The molecule has 0 radical (unpaired) electrons. The normalized spacial score (nSPS) is 10.1. The van der Waals surface area contributed by atoms with Gasteiger partial charge in [-0.15, -0.1) is 11.3 Å². The molecular formula is C18H17BrNOS-. The molecule has 0 bridgehead atoms. The standard InChI is InChI=1S/C18H17NOS.BrH/c1-12-4-9-16(13(2)10-12)17-11-21-18(19-17)14-5-7-15(20-3)8-6-14;/h4-11H,1-3H3;1H/p-1. The number of hydrogen-bond donors (Lipinski definition) is 0. The first-order valence-corrected chi connectivity index (χ1v) is 7.73. The van der Waals surface area contributed by atoms with Gasteiger partial charge in [-0.2, -0.15) is 0 Å². The van der Waals surface area contributed by atoms with Crippen molar-refractivity contribution in [2.45, 2.75) is 13.8 Å². The quantitative estimate of drug-likeness (QED) is 0.700. The van der Waals surface area contributed by atoms with Gasteiger partial charge in [0.15, 0.2) is 0 Å². The van der Waals surface area contributed by atoms with Crippen LogP contribution < -0.4 is 21.7 Å². The number of rotatable bonds is 3. The Labute approximate surface area is 145 Å². The van der Waals surface area contributed by atoms with Crippen LogP contribution in [0.3, 0.4) is 0 Å². The minimum absolute atomic E-state index is 0. The predicted molar refractivity (Wildman–Crippen MR) is 89.0 cm³/mol. The molecule has 0 atom stereocenters. The van der Waals surface area contributed by atoms with Crippen LogP contribution in [0.2, 0.25) is 0 Å². The van der Waals surface area contributed by atoms with Crippen molar-refractivity contribution in [3.8, 4) is 27.6 Å². The summed E-state index contributed by atoms with van der Waals surface area (Å²) in [5.74, 6) is 0.866. The van der Waals surface area contributed by atoms with Crippen molar-refractivity contribution in [2.24, 2.45) is 0 Å². The average molecular weight is 375 g/mol. The Bertz CT molecular complexity index is 765. The lowest BCUT2D eigenvalue weighted by atomic mass is 10.0. The monoisotopic (exact) mass is 374 g/mol. The van der Waals surface area contributed by atoms with E-state index in [9.17, 15) is 0 Å². The van der Waals surface area contributed by atoms with E-state index in [4.69, 9.17) is 9.72 Å². The number of aromatic nitrogens is 1. The lowest BCUT2D eigenvalue weighted by Crippen LogP contribution is -3.00. The Morgan fingerprint density at radius 1 is 1.00 bits per heavy atom. The van der Waals surface area contributed by atoms with Crippen molar-refractivity contribution in [1.29, 1.82) is 0 Å². The molecule has 0 spiro atoms. The number of benzene rings is 2. The summed E-state index contributed by atoms with van der Waals surface area (Å²) in [6, 6.07) is 14.5. The number of aryl methyl sites for hydroxylation is 2. The van der Waals surface area contributed by atoms with Crippen LogP contribution >= 0.6 is 11.3 Å². The van der Waals surface area contributed by atoms with Gasteiger partial charge in [-0.25, -0.2) is 4.98 Å². The molecule has 0 aliphatic rings. The smallest absolute Gasteiger partial charge is 0.124 e. The summed E-state index contributed by atoms with van der Waals surface area (Å²) in [4.78, 5) is 4.77. The van der Waals surface area contributed by atoms with Crippen LogP contribution in [-0.2, 0) is 0 Å². The molecule has 22 heavy (non-hydrogen) atoms. The third kappa shape index (κ3) is 3.39. The van der Waals surface area contributed by atoms with Crippen LogP contribution in [-0.4, -0.2) is 12.1 Å². The van der Waals surface area contributed by atoms with Gasteiger partial charge in [0, 0.05) is 16.5 Å². The van der Waals surface area contributed by atoms with E-state index < -0.39 is 0 Å². The van der Waals surface area contributed by atoms with Crippen molar-refractivity contribution >= 4 is 11.3 Å². The third-order valence-electron chi connectivity index (χ3n) is 3.50. The van der Waals surface area contributed by atoms with Crippen LogP contribution in [0.25, 0.3) is 21.8 Å². The van der Waals surface area contributed by atoms with Gasteiger partial charge in [-0.1, -0.05) is 23.8 Å². The molecule has 0 amide bonds. The van der Waals surface area contributed by atoms with Crippen LogP contribution in [0.5, 0.6) is 5.75 Å². The highest BCUT2D eigenvalue weighted by atomic mass is 79.9. The lowest BCUT2D eigenvalue weighted by Gasteiger charge is -2.03. The van der Waals surface area contributed by atoms with Crippen molar-refractivity contribution in [3.63, 3.8) is 0 Å². The zero-order valence-electron chi connectivity index (χ0n) is 12.8. The Kier molecular flexibility index (Phi) is 5.37. The van der Waals surface area contributed by atoms with E-state index in [2.05, 4.69) is 37.4 Å². The molecule has 0 saturated heterocycles. The van der Waals surface area contributed by atoms with Gasteiger partial charge in [0.05, 0.1) is 12.8 Å². The molecule has 1 aromatic heterocycles. The minimum atomic E-state index is 0. The fourth-order valence-corrected chi connectivity index (χ4v) is 3.19. The highest BCUT2D eigenvalue weighted by Gasteiger charge is 2.09. The molecule has 0 N–H and O–H groups in total. The summed E-state index contributed by atoms with van der Waals surface area (Å²) in [5.41, 5.74) is 5.92. The van der Waals surface area contributed by atoms with Gasteiger partial charge in [0.2, 0.25) is 0 Å². The molecule has 0 aliphatic carbocycles. The Morgan fingerprint density at radius 2 is 1.73 bits per heavy atom. The van der Waals surface area contributed by atoms with Gasteiger partial charge in [0.1, 0.15) is 10.8 Å². The minimum Gasteiger partial charge on any atom is -1.00 e. The average Bonchev–Trinajstić information content (AvgIpc) is 2.97. The maximum absolute atomic E-state index is 5.19. The maximum atomic E-state index is 5.19. The van der Waals surface area contributed by atoms with Gasteiger partial charge >= 0.3 is 0 Å². The van der Waals surface area contributed by atoms with Crippen LogP contribution in [0, 0.1) is 13.8 Å². The van der Waals surface area contributed by atoms with E-state index in [0.717, 1.165) is 22.0 Å². The highest BCUT2D eigenvalue weighted by molar-refractivity contribution is 7.13. The summed E-state index contributed by atoms with van der Waals surface area (Å²) >= 11 is 1.67. The van der Waals surface area contributed by atoms with Gasteiger partial charge < -0.3 is 21.7 Å². The molecule has 3 aromatic rings. The second kappa shape index (κ2) is 7.07. The number of hydrogen-bond acceptors (Lipinski definition) is 3. The van der Waals surface area contributed by atoms with Crippen molar-refractivity contribution in [1.82, 2.24) is 4.98 Å². The summed E-state index contributed by atoms with van der Waals surface area (Å²) in [7, 11) is 1.68. The Balaban J connectivity index is 0.00000176. The first-order valence-electron chi connectivity index (χ1n) is 6.85. The molecule has 2 nitrogen and oxygen atoms in total. The number of methoxy groups -OCH3 is 1. The molecule has 114 valence electrons. The molecule has 3 rings (SSSR count). The van der Waals surface area contributed by atoms with E-state index >= 15 is 0 Å². The SMILES string of the molecule is COc1ccc(-c2nc(-c3ccc(C)cc3C)cs2)cc1.[Br-]. The second-order valence-electron chi connectivity index (χ2n) is 5.08. The molecule has 0 unspecified atom stereocenters. The molecule has 0 fully saturated rings. The van der Waals surface area contributed by atoms with Gasteiger partial charge in [-0.3, -0.25) is 0 Å². The van der Waals surface area contributed by atoms with E-state index in [1.54, 1.807) is 18.4 Å². The fourth-order valence-electron chi connectivity index (χ4n) is 2.36. The van der Waals surface area contributed by atoms with Crippen LogP contribution in [0.4, 0.5) is 0 Å². The summed E-state index contributed by atoms with van der Waals surface area (Å²) < 4.78 is 5.19. The van der Waals surface area contributed by atoms with E-state index in [0.29, 0.717) is 0 Å². The van der Waals surface area contributed by atoms with Gasteiger partial charge in [-0.05, 0) is 43.7 Å². The van der Waals surface area contributed by atoms with Crippen molar-refractivity contribution in [3.05, 3.63) is 59.0 Å². The topological polar surface area (TPSA) is 22.1 Å². The third-order valence-corrected chi connectivity index (χ3v) is 4.39. The second-order valence-corrected chi connectivity index (χ2v) is 5.94. The van der Waals surface area contributed by atoms with E-state index in [1.165, 1.54) is 16.7 Å². The Morgan fingerprint density at radius 3 is 2.36 bits per heavy atom. The first kappa shape index (κ1) is 16.7. The van der Waals surface area contributed by atoms with Gasteiger partial charge in [0.25, 0.3) is 0 Å². The fraction of sp³-hybridized carbons (Fsp3) is 0.167. The van der Waals surface area contributed by atoms with E-state index in [1.807, 2.05) is 24.3 Å². The molecule has 4 heteroatoms. The maximum Gasteiger partial charge on any atom is 0.124 e. The van der Waals surface area contributed by atoms with E-state index in [-0.39, 0.29) is 17.0 Å². The van der Waals surface area contributed by atoms with Crippen molar-refractivity contribution in [2.75, 3.05) is 7.11 Å². The van der Waals surface area contributed by atoms with Crippen LogP contribution in [0.15, 0.2) is 47.8 Å². The van der Waals surface area contributed by atoms with Crippen LogP contribution in [0.1, 0.15) is 11.1 Å². The number of halogens is 1. The largest absolute Gasteiger partial charge is 1.00 e. The summed E-state index contributed by atoms with van der Waals surface area (Å²) in [6.07, 6.45) is 0. The Hall–Kier alpha value is -1.65. The first-order chi connectivity index (χ1) is 10.2. The summed E-state index contributed by atoms with van der Waals surface area (Å²) in [5, 5.41) is 3.16. The summed E-state index contributed by atoms with van der Waals surface area (Å²) in [6.45, 7) is 4.25. The molecular weight excluding hydrogens is 358 g/mol. The number of thiazole rings is 1. The van der Waals surface area contributed by atoms with Crippen molar-refractivity contribution < 1.29 is 21.7 Å². The molecule has 2 aromatic carbocycles. The molecule has 1 heterocycles. The number of nitrogens with zero attached hydrogens (tertiary/aromatic N) is 1. The molecule has 0 saturated carbocycles. The molecule has 0 aliphatic heterocycles. The lowest BCUT2D eigenvalue weighted by molar-refractivity contribution is -0.00000461. The predicted octanol–water partition coefficient (Wildman–Crippen LogP) is 2.11. The zero-order chi connectivity index (χ0) is 14.8. The zero-order valence-corrected chi connectivity index (χ0v) is 15.2. The number of ether oxygens (including phenoxy) is 1. The highest BCUT2D eigenvalue weighted by Crippen LogP contribution is 2.31.